The average Bonchev–Trinajstić information content (AvgIpc) is 3.02. The van der Waals surface area contributed by atoms with E-state index in [-0.39, 0.29) is 5.69 Å². The highest BCUT2D eigenvalue weighted by molar-refractivity contribution is 5.99. The molecule has 2 aromatic rings. The number of hydrogen-bond donors (Lipinski definition) is 2. The summed E-state index contributed by atoms with van der Waals surface area (Å²) >= 11 is 0. The van der Waals surface area contributed by atoms with Crippen molar-refractivity contribution in [3.8, 4) is 0 Å². The fraction of sp³-hybridized carbons (Fsp3) is 0.350. The van der Waals surface area contributed by atoms with Gasteiger partial charge in [0, 0.05) is 12.2 Å². The summed E-state index contributed by atoms with van der Waals surface area (Å²) in [4.78, 5) is 39.5. The van der Waals surface area contributed by atoms with Gasteiger partial charge >= 0.3 is 11.9 Å². The molecule has 1 unspecified atom stereocenters. The minimum absolute atomic E-state index is 0.148. The van der Waals surface area contributed by atoms with Crippen molar-refractivity contribution in [3.05, 3.63) is 58.4 Å². The lowest BCUT2D eigenvalue weighted by molar-refractivity contribution is -0.129. The third kappa shape index (κ3) is 4.75. The molecule has 7 nitrogen and oxygen atoms in total. The van der Waals surface area contributed by atoms with E-state index in [0.717, 1.165) is 5.56 Å². The van der Waals surface area contributed by atoms with Crippen molar-refractivity contribution in [1.82, 2.24) is 10.3 Å². The second kappa shape index (κ2) is 9.02. The monoisotopic (exact) mass is 372 g/mol. The number of aromatic nitrogens is 1. The number of H-pyrrole nitrogens is 1. The Labute approximate surface area is 158 Å². The summed E-state index contributed by atoms with van der Waals surface area (Å²) in [5.41, 5.74) is 2.45. The number of carbonyl (C=O) groups excluding carboxylic acids is 3. The van der Waals surface area contributed by atoms with Gasteiger partial charge in [0.1, 0.15) is 5.69 Å². The number of aryl methyl sites for hydroxylation is 1. The smallest absolute Gasteiger partial charge is 0.355 e. The van der Waals surface area contributed by atoms with Gasteiger partial charge in [0.2, 0.25) is 0 Å². The highest BCUT2D eigenvalue weighted by Gasteiger charge is 2.26. The first-order valence-electron chi connectivity index (χ1n) is 8.71. The minimum atomic E-state index is -0.976. The van der Waals surface area contributed by atoms with Gasteiger partial charge in [0.25, 0.3) is 5.91 Å². The van der Waals surface area contributed by atoms with Gasteiger partial charge in [-0.25, -0.2) is 9.59 Å². The number of amides is 1. The van der Waals surface area contributed by atoms with Gasteiger partial charge in [-0.05, 0) is 31.4 Å². The lowest BCUT2D eigenvalue weighted by atomic mass is 10.1. The number of benzene rings is 1. The molecule has 1 atom stereocenters. The summed E-state index contributed by atoms with van der Waals surface area (Å²) in [7, 11) is 1.28. The van der Waals surface area contributed by atoms with Crippen molar-refractivity contribution in [2.75, 3.05) is 7.11 Å². The number of rotatable bonds is 7. The van der Waals surface area contributed by atoms with Gasteiger partial charge in [-0.1, -0.05) is 37.3 Å². The number of methoxy groups -OCH3 is 1. The predicted octanol–water partition coefficient (Wildman–Crippen LogP) is 2.53. The highest BCUT2D eigenvalue weighted by atomic mass is 16.5. The molecular weight excluding hydrogens is 348 g/mol. The first kappa shape index (κ1) is 20.2. The zero-order chi connectivity index (χ0) is 20.0. The maximum absolute atomic E-state index is 12.5. The number of hydrogen-bond acceptors (Lipinski definition) is 5. The van der Waals surface area contributed by atoms with Crippen molar-refractivity contribution in [1.29, 1.82) is 0 Å². The Hall–Kier alpha value is -3.09. The summed E-state index contributed by atoms with van der Waals surface area (Å²) in [6.07, 6.45) is -0.457. The molecule has 1 aromatic carbocycles. The van der Waals surface area contributed by atoms with Crippen LogP contribution in [0, 0.1) is 6.92 Å². The molecule has 0 bridgehead atoms. The number of aromatic amines is 1. The van der Waals surface area contributed by atoms with Crippen LogP contribution in [0.2, 0.25) is 0 Å². The lowest BCUT2D eigenvalue weighted by Crippen LogP contribution is -2.35. The molecule has 0 saturated heterocycles. The van der Waals surface area contributed by atoms with Gasteiger partial charge in [0.15, 0.2) is 6.10 Å². The summed E-state index contributed by atoms with van der Waals surface area (Å²) in [6, 6.07) is 9.42. The van der Waals surface area contributed by atoms with Crippen LogP contribution in [0.3, 0.4) is 0 Å². The molecule has 7 heteroatoms. The van der Waals surface area contributed by atoms with Crippen LogP contribution in [-0.4, -0.2) is 36.0 Å². The standard InChI is InChI=1S/C20H24N2O5/c1-5-15-16(19(24)26-4)12(2)17(22-15)20(25)27-13(3)18(23)21-11-14-9-7-6-8-10-14/h6-10,13,22H,5,11H2,1-4H3,(H,21,23). The number of carbonyl (C=O) groups is 3. The van der Waals surface area contributed by atoms with Crippen LogP contribution in [0.5, 0.6) is 0 Å². The van der Waals surface area contributed by atoms with Crippen molar-refractivity contribution in [2.24, 2.45) is 0 Å². The normalized spacial score (nSPS) is 11.6. The van der Waals surface area contributed by atoms with Crippen molar-refractivity contribution in [2.45, 2.75) is 39.8 Å². The van der Waals surface area contributed by atoms with Gasteiger partial charge < -0.3 is 19.8 Å². The Morgan fingerprint density at radius 3 is 2.41 bits per heavy atom. The molecule has 1 aromatic heterocycles. The Morgan fingerprint density at radius 2 is 1.81 bits per heavy atom. The molecule has 0 aliphatic carbocycles. The summed E-state index contributed by atoms with van der Waals surface area (Å²) in [6.45, 7) is 5.33. The number of nitrogens with one attached hydrogen (secondary N) is 2. The number of esters is 2. The molecule has 0 saturated carbocycles. The first-order chi connectivity index (χ1) is 12.9. The molecule has 0 spiro atoms. The van der Waals surface area contributed by atoms with E-state index in [0.29, 0.717) is 29.8 Å². The maximum Gasteiger partial charge on any atom is 0.355 e. The summed E-state index contributed by atoms with van der Waals surface area (Å²) in [5.74, 6) is -1.62. The van der Waals surface area contributed by atoms with Crippen LogP contribution in [-0.2, 0) is 27.2 Å². The van der Waals surface area contributed by atoms with E-state index in [4.69, 9.17) is 9.47 Å². The van der Waals surface area contributed by atoms with Gasteiger partial charge in [-0.15, -0.1) is 0 Å². The van der Waals surface area contributed by atoms with E-state index in [1.165, 1.54) is 14.0 Å². The minimum Gasteiger partial charge on any atom is -0.465 e. The molecule has 27 heavy (non-hydrogen) atoms. The molecule has 144 valence electrons. The van der Waals surface area contributed by atoms with Crippen molar-refractivity contribution >= 4 is 17.8 Å². The lowest BCUT2D eigenvalue weighted by Gasteiger charge is -2.13. The summed E-state index contributed by atoms with van der Waals surface area (Å²) < 4.78 is 10.0. The molecule has 1 heterocycles. The fourth-order valence-corrected chi connectivity index (χ4v) is 2.71. The maximum atomic E-state index is 12.5. The van der Waals surface area contributed by atoms with E-state index in [1.54, 1.807) is 6.92 Å². The summed E-state index contributed by atoms with van der Waals surface area (Å²) in [5, 5.41) is 2.72. The van der Waals surface area contributed by atoms with Gasteiger partial charge in [-0.3, -0.25) is 4.79 Å². The van der Waals surface area contributed by atoms with E-state index < -0.39 is 23.9 Å². The third-order valence-corrected chi connectivity index (χ3v) is 4.24. The average molecular weight is 372 g/mol. The quantitative estimate of drug-likeness (QED) is 0.728. The van der Waals surface area contributed by atoms with Crippen LogP contribution >= 0.6 is 0 Å². The van der Waals surface area contributed by atoms with Crippen LogP contribution in [0.25, 0.3) is 0 Å². The molecule has 0 fully saturated rings. The molecule has 0 radical (unpaired) electrons. The Morgan fingerprint density at radius 1 is 1.15 bits per heavy atom. The van der Waals surface area contributed by atoms with Crippen LogP contribution in [0.15, 0.2) is 30.3 Å². The number of ether oxygens (including phenoxy) is 2. The van der Waals surface area contributed by atoms with E-state index in [2.05, 4.69) is 10.3 Å². The molecule has 2 rings (SSSR count). The molecule has 0 aliphatic heterocycles. The Balaban J connectivity index is 2.04. The predicted molar refractivity (Wildman–Crippen MR) is 99.4 cm³/mol. The van der Waals surface area contributed by atoms with E-state index in [9.17, 15) is 14.4 Å². The molecule has 2 N–H and O–H groups in total. The van der Waals surface area contributed by atoms with E-state index in [1.807, 2.05) is 37.3 Å². The zero-order valence-corrected chi connectivity index (χ0v) is 15.9. The highest BCUT2D eigenvalue weighted by Crippen LogP contribution is 2.21. The first-order valence-corrected chi connectivity index (χ1v) is 8.71. The Kier molecular flexibility index (Phi) is 6.76. The van der Waals surface area contributed by atoms with Crippen LogP contribution < -0.4 is 5.32 Å². The topological polar surface area (TPSA) is 97.5 Å². The molecule has 0 aliphatic rings. The second-order valence-electron chi connectivity index (χ2n) is 6.07. The van der Waals surface area contributed by atoms with Crippen molar-refractivity contribution < 1.29 is 23.9 Å². The second-order valence-corrected chi connectivity index (χ2v) is 6.07. The molecular formula is C20H24N2O5. The van der Waals surface area contributed by atoms with Crippen LogP contribution in [0.1, 0.15) is 51.5 Å². The molecule has 1 amide bonds. The SMILES string of the molecule is CCc1[nH]c(C(=O)OC(C)C(=O)NCc2ccccc2)c(C)c1C(=O)OC. The van der Waals surface area contributed by atoms with E-state index >= 15 is 0 Å². The van der Waals surface area contributed by atoms with Gasteiger partial charge in [0.05, 0.1) is 12.7 Å². The largest absolute Gasteiger partial charge is 0.465 e. The fourth-order valence-electron chi connectivity index (χ4n) is 2.71. The van der Waals surface area contributed by atoms with Crippen molar-refractivity contribution in [3.63, 3.8) is 0 Å². The van der Waals surface area contributed by atoms with Gasteiger partial charge in [-0.2, -0.15) is 0 Å². The third-order valence-electron chi connectivity index (χ3n) is 4.24. The Bertz CT molecular complexity index is 826. The zero-order valence-electron chi connectivity index (χ0n) is 15.9. The van der Waals surface area contributed by atoms with Crippen LogP contribution in [0.4, 0.5) is 0 Å².